The summed E-state index contributed by atoms with van der Waals surface area (Å²) in [6.07, 6.45) is 0. The first-order chi connectivity index (χ1) is 7.69. The van der Waals surface area contributed by atoms with Crippen molar-refractivity contribution in [3.63, 3.8) is 0 Å². The zero-order valence-electron chi connectivity index (χ0n) is 8.81. The van der Waals surface area contributed by atoms with Gasteiger partial charge in [-0.2, -0.15) is 15.0 Å². The minimum absolute atomic E-state index is 0.168. The van der Waals surface area contributed by atoms with Crippen LogP contribution in [0.3, 0.4) is 0 Å². The van der Waals surface area contributed by atoms with Gasteiger partial charge in [0.1, 0.15) is 0 Å². The van der Waals surface area contributed by atoms with E-state index in [0.29, 0.717) is 36.5 Å². The molecule has 1 aromatic heterocycles. The Labute approximate surface area is 101 Å². The fourth-order valence-corrected chi connectivity index (χ4v) is 2.64. The topological polar surface area (TPSA) is 71.0 Å². The SMILES string of the molecule is CNc1nc(Cl)nc(N2CCS(=O)CC2)n1. The van der Waals surface area contributed by atoms with Crippen LogP contribution in [0.25, 0.3) is 0 Å². The third-order valence-corrected chi connectivity index (χ3v) is 3.73. The average Bonchev–Trinajstić information content (AvgIpc) is 2.29. The summed E-state index contributed by atoms with van der Waals surface area (Å²) in [7, 11) is 1.01. The molecule has 1 aliphatic rings. The molecule has 0 bridgehead atoms. The second-order valence-electron chi connectivity index (χ2n) is 3.31. The monoisotopic (exact) mass is 261 g/mol. The van der Waals surface area contributed by atoms with Crippen molar-refractivity contribution in [2.75, 3.05) is 41.9 Å². The molecule has 1 aromatic rings. The second kappa shape index (κ2) is 4.92. The van der Waals surface area contributed by atoms with Crippen LogP contribution in [-0.2, 0) is 10.8 Å². The van der Waals surface area contributed by atoms with Gasteiger partial charge in [-0.25, -0.2) is 0 Å². The molecule has 0 spiro atoms. The summed E-state index contributed by atoms with van der Waals surface area (Å²) in [5, 5.41) is 2.99. The number of halogens is 1. The molecule has 0 aromatic carbocycles. The Bertz CT molecular complexity index is 405. The summed E-state index contributed by atoms with van der Waals surface area (Å²) in [6, 6.07) is 0. The lowest BCUT2D eigenvalue weighted by Gasteiger charge is -2.26. The highest BCUT2D eigenvalue weighted by molar-refractivity contribution is 7.85. The quantitative estimate of drug-likeness (QED) is 0.816. The van der Waals surface area contributed by atoms with Crippen LogP contribution in [0.2, 0.25) is 5.28 Å². The van der Waals surface area contributed by atoms with Crippen LogP contribution >= 0.6 is 11.6 Å². The van der Waals surface area contributed by atoms with Crippen LogP contribution in [0.15, 0.2) is 0 Å². The highest BCUT2D eigenvalue weighted by Crippen LogP contribution is 2.15. The van der Waals surface area contributed by atoms with Crippen molar-refractivity contribution in [1.82, 2.24) is 15.0 Å². The van der Waals surface area contributed by atoms with E-state index in [9.17, 15) is 4.21 Å². The van der Waals surface area contributed by atoms with Gasteiger partial charge in [0.25, 0.3) is 0 Å². The summed E-state index contributed by atoms with van der Waals surface area (Å²) < 4.78 is 11.2. The number of nitrogens with zero attached hydrogens (tertiary/aromatic N) is 4. The zero-order valence-corrected chi connectivity index (χ0v) is 10.4. The van der Waals surface area contributed by atoms with Gasteiger partial charge in [-0.1, -0.05) is 0 Å². The summed E-state index contributed by atoms with van der Waals surface area (Å²) in [6.45, 7) is 1.38. The van der Waals surface area contributed by atoms with E-state index in [1.165, 1.54) is 0 Å². The number of rotatable bonds is 2. The first-order valence-electron chi connectivity index (χ1n) is 4.88. The molecule has 1 saturated heterocycles. The molecule has 2 heterocycles. The molecule has 0 saturated carbocycles. The van der Waals surface area contributed by atoms with E-state index < -0.39 is 10.8 Å². The molecular weight excluding hydrogens is 250 g/mol. The van der Waals surface area contributed by atoms with Crippen LogP contribution in [0.4, 0.5) is 11.9 Å². The van der Waals surface area contributed by atoms with Crippen LogP contribution in [0, 0.1) is 0 Å². The summed E-state index contributed by atoms with van der Waals surface area (Å²) in [5.74, 6) is 2.29. The fraction of sp³-hybridized carbons (Fsp3) is 0.625. The highest BCUT2D eigenvalue weighted by Gasteiger charge is 2.18. The van der Waals surface area contributed by atoms with E-state index in [1.807, 2.05) is 4.90 Å². The van der Waals surface area contributed by atoms with Crippen LogP contribution < -0.4 is 10.2 Å². The van der Waals surface area contributed by atoms with Crippen molar-refractivity contribution in [3.05, 3.63) is 5.28 Å². The Morgan fingerprint density at radius 3 is 2.62 bits per heavy atom. The van der Waals surface area contributed by atoms with E-state index in [0.717, 1.165) is 0 Å². The molecular formula is C8H12ClN5OS. The maximum Gasteiger partial charge on any atom is 0.231 e. The zero-order chi connectivity index (χ0) is 11.5. The van der Waals surface area contributed by atoms with Crippen molar-refractivity contribution in [1.29, 1.82) is 0 Å². The number of hydrogen-bond donors (Lipinski definition) is 1. The van der Waals surface area contributed by atoms with Crippen molar-refractivity contribution < 1.29 is 4.21 Å². The van der Waals surface area contributed by atoms with Crippen molar-refractivity contribution in [3.8, 4) is 0 Å². The van der Waals surface area contributed by atoms with Gasteiger partial charge < -0.3 is 10.2 Å². The minimum Gasteiger partial charge on any atom is -0.357 e. The largest absolute Gasteiger partial charge is 0.357 e. The van der Waals surface area contributed by atoms with E-state index in [4.69, 9.17) is 11.6 Å². The van der Waals surface area contributed by atoms with Gasteiger partial charge in [-0.05, 0) is 11.6 Å². The van der Waals surface area contributed by atoms with E-state index in [-0.39, 0.29) is 5.28 Å². The van der Waals surface area contributed by atoms with Gasteiger partial charge in [0.15, 0.2) is 0 Å². The Hall–Kier alpha value is -0.950. The normalized spacial score (nSPS) is 17.5. The van der Waals surface area contributed by atoms with Crippen molar-refractivity contribution in [2.24, 2.45) is 0 Å². The van der Waals surface area contributed by atoms with E-state index in [2.05, 4.69) is 20.3 Å². The maximum absolute atomic E-state index is 11.2. The Balaban J connectivity index is 2.19. The minimum atomic E-state index is -0.709. The molecule has 88 valence electrons. The fourth-order valence-electron chi connectivity index (χ4n) is 1.43. The third-order valence-electron chi connectivity index (χ3n) is 2.28. The Morgan fingerprint density at radius 2 is 2.00 bits per heavy atom. The van der Waals surface area contributed by atoms with Crippen LogP contribution in [0.1, 0.15) is 0 Å². The van der Waals surface area contributed by atoms with Gasteiger partial charge in [-0.15, -0.1) is 0 Å². The average molecular weight is 262 g/mol. The summed E-state index contributed by atoms with van der Waals surface area (Å²) in [4.78, 5) is 14.1. The predicted octanol–water partition coefficient (Wildman–Crippen LogP) is 0.135. The third kappa shape index (κ3) is 2.59. The highest BCUT2D eigenvalue weighted by atomic mass is 35.5. The molecule has 0 unspecified atom stereocenters. The van der Waals surface area contributed by atoms with E-state index >= 15 is 0 Å². The number of anilines is 2. The van der Waals surface area contributed by atoms with Crippen LogP contribution in [0.5, 0.6) is 0 Å². The molecule has 0 radical (unpaired) electrons. The lowest BCUT2D eigenvalue weighted by Crippen LogP contribution is -2.38. The van der Waals surface area contributed by atoms with Gasteiger partial charge in [0.2, 0.25) is 17.2 Å². The Kier molecular flexibility index (Phi) is 3.55. The molecule has 2 rings (SSSR count). The lowest BCUT2D eigenvalue weighted by atomic mass is 10.5. The van der Waals surface area contributed by atoms with Gasteiger partial charge in [0.05, 0.1) is 0 Å². The maximum atomic E-state index is 11.2. The number of nitrogens with one attached hydrogen (secondary N) is 1. The molecule has 0 atom stereocenters. The Morgan fingerprint density at radius 1 is 1.31 bits per heavy atom. The first-order valence-corrected chi connectivity index (χ1v) is 6.75. The van der Waals surface area contributed by atoms with Crippen molar-refractivity contribution in [2.45, 2.75) is 0 Å². The molecule has 16 heavy (non-hydrogen) atoms. The number of aromatic nitrogens is 3. The molecule has 8 heteroatoms. The standard InChI is InChI=1S/C8H12ClN5OS/c1-10-7-11-6(9)12-8(13-7)14-2-4-16(15)5-3-14/h2-5H2,1H3,(H,10,11,12,13). The van der Waals surface area contributed by atoms with Gasteiger partial charge in [0, 0.05) is 42.4 Å². The molecule has 0 amide bonds. The predicted molar refractivity (Wildman–Crippen MR) is 64.5 cm³/mol. The lowest BCUT2D eigenvalue weighted by molar-refractivity contribution is 0.671. The first kappa shape index (κ1) is 11.5. The molecule has 1 aliphatic heterocycles. The molecule has 0 aliphatic carbocycles. The summed E-state index contributed by atoms with van der Waals surface area (Å²) in [5.41, 5.74) is 0. The molecule has 1 fully saturated rings. The van der Waals surface area contributed by atoms with Gasteiger partial charge in [-0.3, -0.25) is 4.21 Å². The van der Waals surface area contributed by atoms with Crippen molar-refractivity contribution >= 4 is 34.3 Å². The summed E-state index contributed by atoms with van der Waals surface area (Å²) >= 11 is 5.79. The number of hydrogen-bond acceptors (Lipinski definition) is 6. The van der Waals surface area contributed by atoms with Gasteiger partial charge >= 0.3 is 0 Å². The molecule has 6 nitrogen and oxygen atoms in total. The molecule has 1 N–H and O–H groups in total. The van der Waals surface area contributed by atoms with E-state index in [1.54, 1.807) is 7.05 Å². The smallest absolute Gasteiger partial charge is 0.231 e. The second-order valence-corrected chi connectivity index (χ2v) is 5.35. The van der Waals surface area contributed by atoms with Crippen LogP contribution in [-0.4, -0.2) is 50.8 Å².